The van der Waals surface area contributed by atoms with Gasteiger partial charge in [-0.2, -0.15) is 0 Å². The van der Waals surface area contributed by atoms with E-state index < -0.39 is 0 Å². The number of esters is 1. The molecule has 1 amide bonds. The highest BCUT2D eigenvalue weighted by Gasteiger charge is 2.31. The minimum atomic E-state index is -0.355. The first-order valence-corrected chi connectivity index (χ1v) is 9.60. The molecule has 1 heterocycles. The molecule has 0 saturated heterocycles. The van der Waals surface area contributed by atoms with Gasteiger partial charge in [-0.05, 0) is 30.0 Å². The monoisotopic (exact) mass is 357 g/mol. The summed E-state index contributed by atoms with van der Waals surface area (Å²) in [5.41, 5.74) is 3.86. The lowest BCUT2D eigenvalue weighted by molar-refractivity contribution is -0.119. The molecule has 1 aromatic carbocycles. The Labute approximate surface area is 152 Å². The Balaban J connectivity index is 1.99. The van der Waals surface area contributed by atoms with Gasteiger partial charge in [0.15, 0.2) is 0 Å². The van der Waals surface area contributed by atoms with Crippen LogP contribution in [0.25, 0.3) is 10.4 Å². The predicted molar refractivity (Wildman–Crippen MR) is 101 cm³/mol. The molecule has 5 heteroatoms. The Morgan fingerprint density at radius 3 is 2.76 bits per heavy atom. The van der Waals surface area contributed by atoms with Crippen LogP contribution in [0.2, 0.25) is 0 Å². The van der Waals surface area contributed by atoms with Gasteiger partial charge in [0.05, 0.1) is 12.2 Å². The number of carbonyl (C=O) groups excluding carboxylic acids is 2. The standard InChI is InChI=1S/C20H23NO3S/c1-4-8-12(3)18(22)21-19-16(20(23)24-5-2)15-11-13-9-6-7-10-14(13)17(15)25-19/h6-7,9-10,12H,4-5,8,11H2,1-3H3,(H,21,22)/t12-/m0/s1. The van der Waals surface area contributed by atoms with Crippen molar-refractivity contribution in [3.8, 4) is 10.4 Å². The van der Waals surface area contributed by atoms with Crippen LogP contribution in [0.15, 0.2) is 24.3 Å². The fourth-order valence-corrected chi connectivity index (χ4v) is 4.52. The third-order valence-electron chi connectivity index (χ3n) is 4.52. The zero-order valence-electron chi connectivity index (χ0n) is 14.8. The quantitative estimate of drug-likeness (QED) is 0.640. The number of carbonyl (C=O) groups is 2. The maximum absolute atomic E-state index is 12.5. The van der Waals surface area contributed by atoms with Crippen molar-refractivity contribution >= 4 is 28.2 Å². The Morgan fingerprint density at radius 2 is 2.04 bits per heavy atom. The van der Waals surface area contributed by atoms with Crippen molar-refractivity contribution in [2.45, 2.75) is 40.0 Å². The Morgan fingerprint density at radius 1 is 1.28 bits per heavy atom. The van der Waals surface area contributed by atoms with Crippen LogP contribution >= 0.6 is 11.3 Å². The maximum atomic E-state index is 12.5. The molecule has 1 N–H and O–H groups in total. The first kappa shape index (κ1) is 17.7. The largest absolute Gasteiger partial charge is 0.462 e. The number of thiophene rings is 1. The van der Waals surface area contributed by atoms with Crippen LogP contribution in [0.4, 0.5) is 5.00 Å². The molecule has 0 unspecified atom stereocenters. The van der Waals surface area contributed by atoms with E-state index in [4.69, 9.17) is 4.74 Å². The average Bonchev–Trinajstić information content (AvgIpc) is 3.10. The maximum Gasteiger partial charge on any atom is 0.341 e. The van der Waals surface area contributed by atoms with E-state index in [2.05, 4.69) is 24.4 Å². The van der Waals surface area contributed by atoms with Crippen molar-refractivity contribution in [1.29, 1.82) is 0 Å². The lowest BCUT2D eigenvalue weighted by atomic mass is 10.1. The molecule has 1 aromatic heterocycles. The molecule has 1 atom stereocenters. The van der Waals surface area contributed by atoms with Gasteiger partial charge < -0.3 is 10.1 Å². The zero-order chi connectivity index (χ0) is 18.0. The van der Waals surface area contributed by atoms with Gasteiger partial charge in [0.2, 0.25) is 5.91 Å². The second-order valence-corrected chi connectivity index (χ2v) is 7.37. The average molecular weight is 357 g/mol. The van der Waals surface area contributed by atoms with Crippen molar-refractivity contribution in [3.05, 3.63) is 41.0 Å². The van der Waals surface area contributed by atoms with Crippen molar-refractivity contribution in [1.82, 2.24) is 0 Å². The molecule has 0 saturated carbocycles. The van der Waals surface area contributed by atoms with E-state index in [1.54, 1.807) is 6.92 Å². The number of hydrogen-bond donors (Lipinski definition) is 1. The van der Waals surface area contributed by atoms with Crippen LogP contribution in [0, 0.1) is 5.92 Å². The van der Waals surface area contributed by atoms with E-state index >= 15 is 0 Å². The molecule has 1 aliphatic carbocycles. The number of anilines is 1. The minimum absolute atomic E-state index is 0.0411. The van der Waals surface area contributed by atoms with Crippen LogP contribution in [-0.4, -0.2) is 18.5 Å². The second kappa shape index (κ2) is 7.40. The van der Waals surface area contributed by atoms with Gasteiger partial charge in [0.1, 0.15) is 5.00 Å². The molecule has 25 heavy (non-hydrogen) atoms. The van der Waals surface area contributed by atoms with Crippen LogP contribution in [-0.2, 0) is 16.0 Å². The highest BCUT2D eigenvalue weighted by atomic mass is 32.1. The third-order valence-corrected chi connectivity index (χ3v) is 5.70. The molecular weight excluding hydrogens is 334 g/mol. The van der Waals surface area contributed by atoms with Crippen molar-refractivity contribution in [3.63, 3.8) is 0 Å². The van der Waals surface area contributed by atoms with Gasteiger partial charge in [-0.1, -0.05) is 44.5 Å². The Kier molecular flexibility index (Phi) is 5.23. The van der Waals surface area contributed by atoms with E-state index in [-0.39, 0.29) is 17.8 Å². The molecule has 132 valence electrons. The van der Waals surface area contributed by atoms with Crippen LogP contribution in [0.3, 0.4) is 0 Å². The van der Waals surface area contributed by atoms with Gasteiger partial charge in [0.25, 0.3) is 0 Å². The lowest BCUT2D eigenvalue weighted by Crippen LogP contribution is -2.21. The van der Waals surface area contributed by atoms with Gasteiger partial charge >= 0.3 is 5.97 Å². The van der Waals surface area contributed by atoms with Crippen LogP contribution in [0.5, 0.6) is 0 Å². The number of benzene rings is 1. The van der Waals surface area contributed by atoms with Gasteiger partial charge in [0, 0.05) is 17.2 Å². The summed E-state index contributed by atoms with van der Waals surface area (Å²) in [6.45, 7) is 6.08. The first-order chi connectivity index (χ1) is 12.1. The molecule has 0 fully saturated rings. The smallest absolute Gasteiger partial charge is 0.341 e. The molecule has 3 rings (SSSR count). The van der Waals surface area contributed by atoms with E-state index in [0.29, 0.717) is 23.6 Å². The topological polar surface area (TPSA) is 55.4 Å². The molecule has 2 aromatic rings. The van der Waals surface area contributed by atoms with Crippen LogP contribution < -0.4 is 5.32 Å². The summed E-state index contributed by atoms with van der Waals surface area (Å²) in [4.78, 5) is 26.1. The molecule has 4 nitrogen and oxygen atoms in total. The normalized spacial score (nSPS) is 13.1. The highest BCUT2D eigenvalue weighted by molar-refractivity contribution is 7.20. The number of fused-ring (bicyclic) bond motifs is 3. The summed E-state index contributed by atoms with van der Waals surface area (Å²) in [6, 6.07) is 8.16. The Bertz CT molecular complexity index is 809. The number of rotatable bonds is 6. The van der Waals surface area contributed by atoms with E-state index in [0.717, 1.165) is 28.8 Å². The fourth-order valence-electron chi connectivity index (χ4n) is 3.24. The number of hydrogen-bond acceptors (Lipinski definition) is 4. The van der Waals surface area contributed by atoms with Crippen molar-refractivity contribution < 1.29 is 14.3 Å². The van der Waals surface area contributed by atoms with Gasteiger partial charge in [-0.3, -0.25) is 4.79 Å². The SMILES string of the molecule is CCC[C@H](C)C(=O)Nc1sc2c(c1C(=O)OCC)Cc1ccccc1-2. The molecule has 1 aliphatic rings. The van der Waals surface area contributed by atoms with E-state index in [1.165, 1.54) is 16.9 Å². The first-order valence-electron chi connectivity index (χ1n) is 8.78. The molecular formula is C20H23NO3S. The fraction of sp³-hybridized carbons (Fsp3) is 0.400. The van der Waals surface area contributed by atoms with Crippen LogP contribution in [0.1, 0.15) is 55.1 Å². The molecule has 0 radical (unpaired) electrons. The number of ether oxygens (including phenoxy) is 1. The minimum Gasteiger partial charge on any atom is -0.462 e. The van der Waals surface area contributed by atoms with Gasteiger partial charge in [-0.25, -0.2) is 4.79 Å². The molecule has 0 aliphatic heterocycles. The van der Waals surface area contributed by atoms with E-state index in [9.17, 15) is 9.59 Å². The van der Waals surface area contributed by atoms with E-state index in [1.807, 2.05) is 19.1 Å². The summed E-state index contributed by atoms with van der Waals surface area (Å²) in [5.74, 6) is -0.476. The third kappa shape index (κ3) is 3.33. The zero-order valence-corrected chi connectivity index (χ0v) is 15.7. The highest BCUT2D eigenvalue weighted by Crippen LogP contribution is 2.47. The number of nitrogens with one attached hydrogen (secondary N) is 1. The lowest BCUT2D eigenvalue weighted by Gasteiger charge is -2.12. The summed E-state index contributed by atoms with van der Waals surface area (Å²) in [5, 5.41) is 3.59. The molecule has 0 bridgehead atoms. The van der Waals surface area contributed by atoms with Gasteiger partial charge in [-0.15, -0.1) is 11.3 Å². The predicted octanol–water partition coefficient (Wildman–Crippen LogP) is 4.87. The summed E-state index contributed by atoms with van der Waals surface area (Å²) in [7, 11) is 0. The number of amides is 1. The molecule has 0 spiro atoms. The summed E-state index contributed by atoms with van der Waals surface area (Å²) in [6.07, 6.45) is 2.48. The Hall–Kier alpha value is -2.14. The second-order valence-electron chi connectivity index (χ2n) is 6.35. The van der Waals surface area contributed by atoms with Crippen molar-refractivity contribution in [2.24, 2.45) is 5.92 Å². The van der Waals surface area contributed by atoms with Crippen molar-refractivity contribution in [2.75, 3.05) is 11.9 Å². The summed E-state index contributed by atoms with van der Waals surface area (Å²) >= 11 is 1.48. The summed E-state index contributed by atoms with van der Waals surface area (Å²) < 4.78 is 5.26.